The first-order chi connectivity index (χ1) is 12.5. The zero-order valence-corrected chi connectivity index (χ0v) is 15.9. The average molecular weight is 377 g/mol. The Bertz CT molecular complexity index is 746. The standard InChI is InChI=1S/C18H23N3O4S/c1-4-24-13-9-7-6-8-12(13)16-15(17(23)25-5-2)11(3)20-18(21-16)26-10-14(19)22/h6-9,16H,4-5,10H2,1-3H3,(H2,19,22)(H,20,21)/t16-/m0/s1. The fraction of sp³-hybridized carbons (Fsp3) is 0.389. The number of nitrogens with zero attached hydrogens (tertiary/aromatic N) is 1. The molecule has 1 atom stereocenters. The molecule has 1 amide bonds. The molecular formula is C18H23N3O4S. The molecule has 8 heteroatoms. The Hall–Kier alpha value is -2.48. The third-order valence-electron chi connectivity index (χ3n) is 3.58. The van der Waals surface area contributed by atoms with Gasteiger partial charge < -0.3 is 20.5 Å². The van der Waals surface area contributed by atoms with Gasteiger partial charge in [-0.25, -0.2) is 9.79 Å². The van der Waals surface area contributed by atoms with E-state index < -0.39 is 17.9 Å². The van der Waals surface area contributed by atoms with Gasteiger partial charge in [0.15, 0.2) is 5.17 Å². The number of nitrogens with one attached hydrogen (secondary N) is 1. The summed E-state index contributed by atoms with van der Waals surface area (Å²) >= 11 is 1.19. The van der Waals surface area contributed by atoms with E-state index in [2.05, 4.69) is 10.3 Å². The number of amidine groups is 1. The number of carbonyl (C=O) groups excluding carboxylic acids is 2. The second-order valence-electron chi connectivity index (χ2n) is 5.45. The number of aliphatic imine (C=N–C) groups is 1. The van der Waals surface area contributed by atoms with E-state index in [1.165, 1.54) is 11.8 Å². The van der Waals surface area contributed by atoms with Crippen LogP contribution in [0, 0.1) is 0 Å². The van der Waals surface area contributed by atoms with Crippen molar-refractivity contribution in [3.63, 3.8) is 0 Å². The lowest BCUT2D eigenvalue weighted by Crippen LogP contribution is -2.31. The van der Waals surface area contributed by atoms with Gasteiger partial charge in [0.25, 0.3) is 0 Å². The molecule has 0 fully saturated rings. The molecule has 2 rings (SSSR count). The smallest absolute Gasteiger partial charge is 0.338 e. The van der Waals surface area contributed by atoms with Gasteiger partial charge >= 0.3 is 5.97 Å². The molecule has 1 aromatic carbocycles. The van der Waals surface area contributed by atoms with Crippen molar-refractivity contribution >= 4 is 28.8 Å². The van der Waals surface area contributed by atoms with E-state index in [1.54, 1.807) is 13.8 Å². The minimum absolute atomic E-state index is 0.0910. The van der Waals surface area contributed by atoms with Gasteiger partial charge in [-0.3, -0.25) is 4.79 Å². The van der Waals surface area contributed by atoms with E-state index in [-0.39, 0.29) is 12.4 Å². The topological polar surface area (TPSA) is 103 Å². The molecule has 0 unspecified atom stereocenters. The second-order valence-corrected chi connectivity index (χ2v) is 6.41. The quantitative estimate of drug-likeness (QED) is 0.706. The average Bonchev–Trinajstić information content (AvgIpc) is 2.60. The molecule has 0 aliphatic carbocycles. The molecule has 0 aromatic heterocycles. The Morgan fingerprint density at radius 1 is 1.27 bits per heavy atom. The first-order valence-corrected chi connectivity index (χ1v) is 9.32. The molecule has 0 saturated heterocycles. The lowest BCUT2D eigenvalue weighted by molar-refractivity contribution is -0.139. The monoisotopic (exact) mass is 377 g/mol. The maximum Gasteiger partial charge on any atom is 0.338 e. The number of benzene rings is 1. The first kappa shape index (κ1) is 19.8. The fourth-order valence-corrected chi connectivity index (χ4v) is 3.24. The van der Waals surface area contributed by atoms with Crippen LogP contribution in [-0.2, 0) is 14.3 Å². The Morgan fingerprint density at radius 3 is 2.65 bits per heavy atom. The molecule has 3 N–H and O–H groups in total. The third-order valence-corrected chi connectivity index (χ3v) is 4.49. The summed E-state index contributed by atoms with van der Waals surface area (Å²) in [5.41, 5.74) is 7.03. The largest absolute Gasteiger partial charge is 0.494 e. The van der Waals surface area contributed by atoms with Crippen LogP contribution in [-0.4, -0.2) is 36.0 Å². The third kappa shape index (κ3) is 4.78. The highest BCUT2D eigenvalue weighted by molar-refractivity contribution is 8.14. The molecule has 1 aliphatic rings. The van der Waals surface area contributed by atoms with Crippen LogP contribution >= 0.6 is 11.8 Å². The molecule has 140 valence electrons. The molecule has 0 bridgehead atoms. The van der Waals surface area contributed by atoms with Crippen LogP contribution in [0.15, 0.2) is 40.5 Å². The van der Waals surface area contributed by atoms with Crippen LogP contribution in [0.2, 0.25) is 0 Å². The normalized spacial score (nSPS) is 16.6. The Morgan fingerprint density at radius 2 is 2.00 bits per heavy atom. The number of allylic oxidation sites excluding steroid dienone is 1. The van der Waals surface area contributed by atoms with Crippen LogP contribution in [0.1, 0.15) is 32.4 Å². The zero-order chi connectivity index (χ0) is 19.1. The van der Waals surface area contributed by atoms with Crippen LogP contribution in [0.3, 0.4) is 0 Å². The molecule has 26 heavy (non-hydrogen) atoms. The van der Waals surface area contributed by atoms with Gasteiger partial charge in [0.2, 0.25) is 5.91 Å². The summed E-state index contributed by atoms with van der Waals surface area (Å²) in [5.74, 6) is -0.132. The number of nitrogens with two attached hydrogens (primary N) is 1. The van der Waals surface area contributed by atoms with Gasteiger partial charge in [-0.2, -0.15) is 0 Å². The van der Waals surface area contributed by atoms with E-state index in [0.717, 1.165) is 5.56 Å². The van der Waals surface area contributed by atoms with Crippen LogP contribution in [0.4, 0.5) is 0 Å². The summed E-state index contributed by atoms with van der Waals surface area (Å²) in [6.45, 7) is 6.19. The SMILES string of the molecule is CCOC(=O)C1=C(C)NC(SCC(N)=O)=N[C@H]1c1ccccc1OCC. The molecule has 0 radical (unpaired) electrons. The molecule has 0 saturated carbocycles. The second kappa shape index (κ2) is 9.28. The van der Waals surface area contributed by atoms with Crippen molar-refractivity contribution in [3.05, 3.63) is 41.1 Å². The van der Waals surface area contributed by atoms with Gasteiger partial charge in [-0.15, -0.1) is 0 Å². The van der Waals surface area contributed by atoms with Crippen LogP contribution in [0.5, 0.6) is 5.75 Å². The van der Waals surface area contributed by atoms with Crippen molar-refractivity contribution in [2.75, 3.05) is 19.0 Å². The number of rotatable bonds is 7. The van der Waals surface area contributed by atoms with Gasteiger partial charge in [0.05, 0.1) is 24.5 Å². The summed E-state index contributed by atoms with van der Waals surface area (Å²) in [4.78, 5) is 28.2. The molecule has 0 spiro atoms. The fourth-order valence-electron chi connectivity index (χ4n) is 2.55. The lowest BCUT2D eigenvalue weighted by Gasteiger charge is -2.26. The Kier molecular flexibility index (Phi) is 7.08. The highest BCUT2D eigenvalue weighted by atomic mass is 32.2. The number of para-hydroxylation sites is 1. The molecular weight excluding hydrogens is 354 g/mol. The van der Waals surface area contributed by atoms with E-state index in [4.69, 9.17) is 15.2 Å². The number of ether oxygens (including phenoxy) is 2. The number of primary amides is 1. The predicted octanol–water partition coefficient (Wildman–Crippen LogP) is 2.14. The van der Waals surface area contributed by atoms with Gasteiger partial charge in [-0.05, 0) is 26.8 Å². The predicted molar refractivity (Wildman–Crippen MR) is 102 cm³/mol. The molecule has 1 aliphatic heterocycles. The Balaban J connectivity index is 2.47. The minimum Gasteiger partial charge on any atom is -0.494 e. The van der Waals surface area contributed by atoms with E-state index in [9.17, 15) is 9.59 Å². The van der Waals surface area contributed by atoms with Gasteiger partial charge in [0.1, 0.15) is 11.8 Å². The number of esters is 1. The molecule has 1 heterocycles. The van der Waals surface area contributed by atoms with Crippen molar-refractivity contribution in [3.8, 4) is 5.75 Å². The van der Waals surface area contributed by atoms with E-state index >= 15 is 0 Å². The first-order valence-electron chi connectivity index (χ1n) is 8.33. The lowest BCUT2D eigenvalue weighted by atomic mass is 9.96. The van der Waals surface area contributed by atoms with Crippen molar-refractivity contribution < 1.29 is 19.1 Å². The number of carbonyl (C=O) groups is 2. The van der Waals surface area contributed by atoms with E-state index in [1.807, 2.05) is 31.2 Å². The zero-order valence-electron chi connectivity index (χ0n) is 15.1. The summed E-state index contributed by atoms with van der Waals surface area (Å²) in [6, 6.07) is 6.85. The summed E-state index contributed by atoms with van der Waals surface area (Å²) in [7, 11) is 0. The highest BCUT2D eigenvalue weighted by Gasteiger charge is 2.32. The van der Waals surface area contributed by atoms with Gasteiger partial charge in [-0.1, -0.05) is 30.0 Å². The van der Waals surface area contributed by atoms with E-state index in [0.29, 0.717) is 28.8 Å². The number of thioether (sulfide) groups is 1. The minimum atomic E-state index is -0.589. The maximum atomic E-state index is 12.5. The van der Waals surface area contributed by atoms with Crippen LogP contribution in [0.25, 0.3) is 0 Å². The van der Waals surface area contributed by atoms with Crippen molar-refractivity contribution in [2.24, 2.45) is 10.7 Å². The van der Waals surface area contributed by atoms with Crippen molar-refractivity contribution in [1.29, 1.82) is 0 Å². The van der Waals surface area contributed by atoms with Gasteiger partial charge in [0, 0.05) is 11.3 Å². The van der Waals surface area contributed by atoms with Crippen molar-refractivity contribution in [1.82, 2.24) is 5.32 Å². The van der Waals surface area contributed by atoms with Crippen molar-refractivity contribution in [2.45, 2.75) is 26.8 Å². The molecule has 7 nitrogen and oxygen atoms in total. The highest BCUT2D eigenvalue weighted by Crippen LogP contribution is 2.37. The number of hydrogen-bond donors (Lipinski definition) is 2. The molecule has 1 aromatic rings. The summed E-state index contributed by atoms with van der Waals surface area (Å²) in [6.07, 6.45) is 0. The Labute approximate surface area is 157 Å². The number of amides is 1. The maximum absolute atomic E-state index is 12.5. The number of hydrogen-bond acceptors (Lipinski definition) is 7. The van der Waals surface area contributed by atoms with Crippen LogP contribution < -0.4 is 15.8 Å². The summed E-state index contributed by atoms with van der Waals surface area (Å²) < 4.78 is 10.9. The summed E-state index contributed by atoms with van der Waals surface area (Å²) in [5, 5.41) is 3.57.